The summed E-state index contributed by atoms with van der Waals surface area (Å²) in [4.78, 5) is 36.7. The van der Waals surface area contributed by atoms with Crippen LogP contribution in [0.15, 0.2) is 42.5 Å². The minimum Gasteiger partial charge on any atom is -0.508 e. The lowest BCUT2D eigenvalue weighted by Gasteiger charge is -2.42. The van der Waals surface area contributed by atoms with Gasteiger partial charge in [0, 0.05) is 35.6 Å². The van der Waals surface area contributed by atoms with Crippen molar-refractivity contribution in [2.24, 2.45) is 0 Å². The van der Waals surface area contributed by atoms with Crippen LogP contribution in [0.5, 0.6) is 11.5 Å². The zero-order valence-electron chi connectivity index (χ0n) is 22.2. The van der Waals surface area contributed by atoms with Crippen LogP contribution in [0.25, 0.3) is 10.9 Å². The van der Waals surface area contributed by atoms with E-state index < -0.39 is 11.6 Å². The van der Waals surface area contributed by atoms with Gasteiger partial charge in [-0.05, 0) is 89.2 Å². The largest absolute Gasteiger partial charge is 0.508 e. The van der Waals surface area contributed by atoms with E-state index >= 15 is 0 Å². The van der Waals surface area contributed by atoms with E-state index in [1.54, 1.807) is 23.1 Å². The third-order valence-electron chi connectivity index (χ3n) is 7.91. The molecule has 0 bridgehead atoms. The molecule has 1 fully saturated rings. The average molecular weight is 505 g/mol. The smallest absolute Gasteiger partial charge is 0.328 e. The molecule has 8 nitrogen and oxygen atoms in total. The van der Waals surface area contributed by atoms with E-state index in [2.05, 4.69) is 30.8 Å². The molecule has 2 atom stereocenters. The van der Waals surface area contributed by atoms with Crippen molar-refractivity contribution in [2.45, 2.75) is 58.2 Å². The Balaban J connectivity index is 1.59. The number of phenolic OH excluding ortho intramolecular Hbond substituents is 1. The van der Waals surface area contributed by atoms with Crippen LogP contribution in [0.3, 0.4) is 0 Å². The van der Waals surface area contributed by atoms with E-state index in [1.807, 2.05) is 38.1 Å². The number of hydrogen-bond donors (Lipinski definition) is 2. The molecule has 8 heteroatoms. The van der Waals surface area contributed by atoms with E-state index in [0.717, 1.165) is 40.0 Å². The maximum Gasteiger partial charge on any atom is 0.328 e. The number of aromatic hydroxyl groups is 1. The summed E-state index contributed by atoms with van der Waals surface area (Å²) in [6.45, 7) is 9.80. The van der Waals surface area contributed by atoms with Crippen LogP contribution < -0.4 is 4.74 Å². The van der Waals surface area contributed by atoms with Crippen LogP contribution in [-0.2, 0) is 11.2 Å². The van der Waals surface area contributed by atoms with Gasteiger partial charge in [0.05, 0.1) is 6.61 Å². The predicted octanol–water partition coefficient (Wildman–Crippen LogP) is 4.67. The summed E-state index contributed by atoms with van der Waals surface area (Å²) in [6.07, 6.45) is 1.11. The lowest BCUT2D eigenvalue weighted by Crippen LogP contribution is -2.53. The van der Waals surface area contributed by atoms with Crippen molar-refractivity contribution in [2.75, 3.05) is 26.7 Å². The molecule has 2 aromatic carbocycles. The number of phenols is 1. The molecule has 0 spiro atoms. The summed E-state index contributed by atoms with van der Waals surface area (Å²) < 4.78 is 5.76. The van der Waals surface area contributed by atoms with Gasteiger partial charge in [-0.3, -0.25) is 14.6 Å². The number of aromatic nitrogens is 1. The van der Waals surface area contributed by atoms with Crippen LogP contribution in [0, 0.1) is 0 Å². The van der Waals surface area contributed by atoms with Crippen LogP contribution in [0.4, 0.5) is 4.79 Å². The SMILES string of the molecule is CCOc1ccc2[nH]c3c(c2c1)C[C@@]1(C)C(=O)N(CCCN(C)C(C)C)C(=O)N1[C@@H]3c1cccc(O)c1. The molecule has 3 heterocycles. The van der Waals surface area contributed by atoms with Crippen LogP contribution in [0.1, 0.15) is 57.0 Å². The minimum atomic E-state index is -1.04. The highest BCUT2D eigenvalue weighted by Gasteiger charge is 2.60. The maximum absolute atomic E-state index is 13.9. The van der Waals surface area contributed by atoms with Gasteiger partial charge in [0.2, 0.25) is 0 Å². The van der Waals surface area contributed by atoms with Crippen molar-refractivity contribution in [1.82, 2.24) is 19.7 Å². The fraction of sp³-hybridized carbons (Fsp3) is 0.448. The molecule has 1 saturated heterocycles. The van der Waals surface area contributed by atoms with Gasteiger partial charge < -0.3 is 19.7 Å². The molecule has 1 aromatic heterocycles. The monoisotopic (exact) mass is 504 g/mol. The van der Waals surface area contributed by atoms with Crippen molar-refractivity contribution in [1.29, 1.82) is 0 Å². The number of aromatic amines is 1. The standard InChI is InChI=1S/C29H36N4O4/c1-6-37-21-11-12-24-22(16-21)23-17-29(4)27(35)32(14-8-13-31(5)18(2)3)28(36)33(29)26(25(23)30-24)19-9-7-10-20(34)15-19/h7,9-12,15-16,18,26,30,34H,6,8,13-14,17H2,1-5H3/t26-,29+/m1/s1. The number of rotatable bonds is 8. The van der Waals surface area contributed by atoms with Gasteiger partial charge in [-0.2, -0.15) is 0 Å². The first-order chi connectivity index (χ1) is 17.7. The van der Waals surface area contributed by atoms with E-state index in [0.29, 0.717) is 32.0 Å². The van der Waals surface area contributed by atoms with E-state index in [4.69, 9.17) is 4.74 Å². The Hall–Kier alpha value is -3.52. The van der Waals surface area contributed by atoms with E-state index in [1.165, 1.54) is 4.90 Å². The molecule has 196 valence electrons. The summed E-state index contributed by atoms with van der Waals surface area (Å²) in [5.74, 6) is 0.714. The normalized spacial score (nSPS) is 21.3. The molecule has 0 aliphatic carbocycles. The number of nitrogens with one attached hydrogen (secondary N) is 1. The topological polar surface area (TPSA) is 89.1 Å². The maximum atomic E-state index is 13.9. The second-order valence-corrected chi connectivity index (χ2v) is 10.6. The lowest BCUT2D eigenvalue weighted by molar-refractivity contribution is -0.133. The van der Waals surface area contributed by atoms with Gasteiger partial charge >= 0.3 is 6.03 Å². The van der Waals surface area contributed by atoms with E-state index in [-0.39, 0.29) is 17.7 Å². The zero-order valence-corrected chi connectivity index (χ0v) is 22.2. The van der Waals surface area contributed by atoms with Crippen molar-refractivity contribution in [3.8, 4) is 11.5 Å². The van der Waals surface area contributed by atoms with Gasteiger partial charge in [-0.1, -0.05) is 12.1 Å². The fourth-order valence-electron chi connectivity index (χ4n) is 5.72. The van der Waals surface area contributed by atoms with Crippen LogP contribution >= 0.6 is 0 Å². The fourth-order valence-corrected chi connectivity index (χ4v) is 5.72. The third kappa shape index (κ3) is 4.13. The second kappa shape index (κ2) is 9.41. The minimum absolute atomic E-state index is 0.118. The van der Waals surface area contributed by atoms with Gasteiger partial charge in [0.25, 0.3) is 5.91 Å². The number of imide groups is 1. The molecular weight excluding hydrogens is 468 g/mol. The highest BCUT2D eigenvalue weighted by atomic mass is 16.5. The molecule has 2 aliphatic rings. The van der Waals surface area contributed by atoms with Gasteiger partial charge in [-0.25, -0.2) is 4.79 Å². The Morgan fingerprint density at radius 1 is 1.22 bits per heavy atom. The van der Waals surface area contributed by atoms with Crippen molar-refractivity contribution in [3.05, 3.63) is 59.3 Å². The Morgan fingerprint density at radius 3 is 2.70 bits per heavy atom. The number of urea groups is 1. The summed E-state index contributed by atoms with van der Waals surface area (Å²) in [5.41, 5.74) is 2.52. The number of carbonyl (C=O) groups is 2. The molecule has 5 rings (SSSR count). The quantitative estimate of drug-likeness (QED) is 0.435. The Kier molecular flexibility index (Phi) is 6.40. The summed E-state index contributed by atoms with van der Waals surface area (Å²) in [7, 11) is 2.05. The number of H-pyrrole nitrogens is 1. The molecule has 0 saturated carbocycles. The summed E-state index contributed by atoms with van der Waals surface area (Å²) >= 11 is 0. The number of benzene rings is 2. The average Bonchev–Trinajstić information content (AvgIpc) is 3.30. The first-order valence-electron chi connectivity index (χ1n) is 13.1. The third-order valence-corrected chi connectivity index (χ3v) is 7.91. The molecular formula is C29H36N4O4. The van der Waals surface area contributed by atoms with Crippen molar-refractivity contribution in [3.63, 3.8) is 0 Å². The number of amides is 3. The molecule has 0 unspecified atom stereocenters. The van der Waals surface area contributed by atoms with Crippen molar-refractivity contribution < 1.29 is 19.4 Å². The number of fused-ring (bicyclic) bond motifs is 4. The number of ether oxygens (including phenoxy) is 1. The molecule has 2 N–H and O–H groups in total. The Labute approximate surface area is 217 Å². The Bertz CT molecular complexity index is 1350. The van der Waals surface area contributed by atoms with Gasteiger partial charge in [0.1, 0.15) is 23.1 Å². The number of carbonyl (C=O) groups excluding carboxylic acids is 2. The van der Waals surface area contributed by atoms with Crippen LogP contribution in [-0.4, -0.2) is 75.1 Å². The highest BCUT2D eigenvalue weighted by molar-refractivity contribution is 6.08. The molecule has 3 amide bonds. The van der Waals surface area contributed by atoms with Crippen molar-refractivity contribution >= 4 is 22.8 Å². The molecule has 2 aliphatic heterocycles. The Morgan fingerprint density at radius 2 is 2.00 bits per heavy atom. The van der Waals surface area contributed by atoms with E-state index in [9.17, 15) is 14.7 Å². The van der Waals surface area contributed by atoms with Gasteiger partial charge in [-0.15, -0.1) is 0 Å². The van der Waals surface area contributed by atoms with Crippen LogP contribution in [0.2, 0.25) is 0 Å². The number of nitrogens with zero attached hydrogens (tertiary/aromatic N) is 3. The summed E-state index contributed by atoms with van der Waals surface area (Å²) in [5, 5.41) is 11.3. The first-order valence-corrected chi connectivity index (χ1v) is 13.1. The van der Waals surface area contributed by atoms with Gasteiger partial charge in [0.15, 0.2) is 0 Å². The first kappa shape index (κ1) is 25.1. The molecule has 3 aromatic rings. The molecule has 37 heavy (non-hydrogen) atoms. The zero-order chi connectivity index (χ0) is 26.5. The lowest BCUT2D eigenvalue weighted by atomic mass is 9.81. The predicted molar refractivity (Wildman–Crippen MR) is 143 cm³/mol. The highest BCUT2D eigenvalue weighted by Crippen LogP contribution is 2.49. The second-order valence-electron chi connectivity index (χ2n) is 10.6. The molecule has 0 radical (unpaired) electrons. The number of hydrogen-bond acceptors (Lipinski definition) is 5. The summed E-state index contributed by atoms with van der Waals surface area (Å²) in [6, 6.07) is 12.4.